The van der Waals surface area contributed by atoms with Gasteiger partial charge >= 0.3 is 5.97 Å². The predicted octanol–water partition coefficient (Wildman–Crippen LogP) is 3.03. The van der Waals surface area contributed by atoms with Crippen LogP contribution in [0.5, 0.6) is 0 Å². The molecule has 0 aliphatic heterocycles. The number of Topliss-reactive ketones (excluding diaryl/α,β-unsaturated/α-hetero) is 2. The summed E-state index contributed by atoms with van der Waals surface area (Å²) in [5.74, 6) is -1.61. The van der Waals surface area contributed by atoms with Crippen LogP contribution in [-0.4, -0.2) is 51.5 Å². The van der Waals surface area contributed by atoms with E-state index in [2.05, 4.69) is 17.2 Å². The molecular weight excluding hydrogens is 512 g/mol. The molecule has 214 valence electrons. The molecule has 3 saturated carbocycles. The maximum absolute atomic E-state index is 13.7. The molecule has 1 aromatic rings. The van der Waals surface area contributed by atoms with Gasteiger partial charge in [0.1, 0.15) is 11.4 Å². The summed E-state index contributed by atoms with van der Waals surface area (Å²) in [5.41, 5.74) is -1.10. The number of carbonyl (C=O) groups is 5. The van der Waals surface area contributed by atoms with E-state index in [4.69, 9.17) is 4.74 Å². The highest BCUT2D eigenvalue weighted by molar-refractivity contribution is 5.95. The molecule has 9 heteroatoms. The number of carbonyl (C=O) groups excluding carboxylic acids is 5. The number of pyridine rings is 1. The highest BCUT2D eigenvalue weighted by atomic mass is 16.5. The van der Waals surface area contributed by atoms with Gasteiger partial charge in [-0.25, -0.2) is 0 Å². The van der Waals surface area contributed by atoms with Gasteiger partial charge in [0.05, 0.1) is 6.42 Å². The number of aromatic nitrogens is 1. The molecule has 9 nitrogen and oxygen atoms in total. The number of nitrogens with zero attached hydrogens (tertiary/aromatic N) is 1. The lowest BCUT2D eigenvalue weighted by atomic mass is 9.46. The SMILES string of the molecule is C[C@]12CCC(=O)C=C1CC[C@H]1[C@H]2C(=O)C[C@@]2(C)[C@@H]1CC[C@]2(O)C(=O)COC(=O)CCC(=O)NCc1ccncc1. The zero-order valence-corrected chi connectivity index (χ0v) is 23.2. The third-order valence-electron chi connectivity index (χ3n) is 10.4. The standard InChI is InChI=1S/C31H38N2O7/c1-29-11-7-21(34)15-20(29)3-4-22-23-8-12-31(39,30(23,2)16-24(35)28(22)29)25(36)18-40-27(38)6-5-26(37)33-17-19-9-13-32-14-10-19/h9-10,13-15,22-23,28,39H,3-8,11-12,16-18H2,1-2H3,(H,33,37)/t22-,23-,28+,29+,30+,31+/m1/s1. The second kappa shape index (κ2) is 10.7. The summed E-state index contributed by atoms with van der Waals surface area (Å²) in [6.45, 7) is 3.67. The first-order valence-electron chi connectivity index (χ1n) is 14.3. The van der Waals surface area contributed by atoms with E-state index < -0.39 is 29.4 Å². The van der Waals surface area contributed by atoms with E-state index in [0.29, 0.717) is 25.8 Å². The number of allylic oxidation sites excluding steroid dienone is 1. The maximum Gasteiger partial charge on any atom is 0.306 e. The molecule has 2 N–H and O–H groups in total. The van der Waals surface area contributed by atoms with Crippen molar-refractivity contribution in [2.24, 2.45) is 28.6 Å². The van der Waals surface area contributed by atoms with Crippen LogP contribution in [0.2, 0.25) is 0 Å². The lowest BCUT2D eigenvalue weighted by Crippen LogP contribution is -2.61. The van der Waals surface area contributed by atoms with Crippen molar-refractivity contribution in [3.8, 4) is 0 Å². The summed E-state index contributed by atoms with van der Waals surface area (Å²) in [4.78, 5) is 67.5. The predicted molar refractivity (Wildman–Crippen MR) is 143 cm³/mol. The van der Waals surface area contributed by atoms with Gasteiger partial charge in [-0.2, -0.15) is 0 Å². The van der Waals surface area contributed by atoms with Crippen LogP contribution in [0.15, 0.2) is 36.2 Å². The zero-order valence-electron chi connectivity index (χ0n) is 23.2. The first-order valence-corrected chi connectivity index (χ1v) is 14.3. The van der Waals surface area contributed by atoms with Gasteiger partial charge in [-0.15, -0.1) is 0 Å². The Morgan fingerprint density at radius 1 is 1.07 bits per heavy atom. The summed E-state index contributed by atoms with van der Waals surface area (Å²) in [6.07, 6.45) is 8.26. The Morgan fingerprint density at radius 3 is 2.58 bits per heavy atom. The van der Waals surface area contributed by atoms with Crippen molar-refractivity contribution in [3.05, 3.63) is 41.7 Å². The van der Waals surface area contributed by atoms with Crippen molar-refractivity contribution in [1.29, 1.82) is 0 Å². The Kier molecular flexibility index (Phi) is 7.54. The molecule has 5 rings (SSSR count). The third kappa shape index (κ3) is 4.82. The number of aliphatic hydroxyl groups is 1. The first kappa shape index (κ1) is 28.3. The van der Waals surface area contributed by atoms with Gasteiger partial charge in [-0.05, 0) is 73.1 Å². The molecule has 6 atom stereocenters. The van der Waals surface area contributed by atoms with Crippen LogP contribution in [0.1, 0.15) is 77.2 Å². The van der Waals surface area contributed by atoms with Crippen LogP contribution in [0.3, 0.4) is 0 Å². The first-order chi connectivity index (χ1) is 19.0. The van der Waals surface area contributed by atoms with Crippen LogP contribution in [0.25, 0.3) is 0 Å². The Bertz CT molecular complexity index is 1260. The second-order valence-electron chi connectivity index (χ2n) is 12.5. The molecule has 0 spiro atoms. The fourth-order valence-corrected chi connectivity index (χ4v) is 8.19. The number of hydrogen-bond acceptors (Lipinski definition) is 8. The molecule has 4 aliphatic carbocycles. The Labute approximate surface area is 234 Å². The van der Waals surface area contributed by atoms with E-state index in [1.165, 1.54) is 0 Å². The molecule has 0 bridgehead atoms. The molecule has 0 aromatic carbocycles. The van der Waals surface area contributed by atoms with Crippen molar-refractivity contribution < 1.29 is 33.8 Å². The van der Waals surface area contributed by atoms with E-state index in [-0.39, 0.29) is 66.3 Å². The fourth-order valence-electron chi connectivity index (χ4n) is 8.19. The van der Waals surface area contributed by atoms with Crippen molar-refractivity contribution >= 4 is 29.2 Å². The number of esters is 1. The molecule has 4 aliphatic rings. The van der Waals surface area contributed by atoms with Crippen LogP contribution in [-0.2, 0) is 35.3 Å². The van der Waals surface area contributed by atoms with Gasteiger partial charge < -0.3 is 15.2 Å². The zero-order chi connectivity index (χ0) is 28.7. The number of hydrogen-bond donors (Lipinski definition) is 2. The van der Waals surface area contributed by atoms with Gasteiger partial charge in [-0.1, -0.05) is 19.4 Å². The van der Waals surface area contributed by atoms with Crippen LogP contribution in [0, 0.1) is 28.6 Å². The number of ether oxygens (including phenoxy) is 1. The molecule has 40 heavy (non-hydrogen) atoms. The Balaban J connectivity index is 1.18. The second-order valence-corrected chi connectivity index (χ2v) is 12.5. The quantitative estimate of drug-likeness (QED) is 0.471. The number of amides is 1. The minimum Gasteiger partial charge on any atom is -0.458 e. The van der Waals surface area contributed by atoms with E-state index >= 15 is 0 Å². The summed E-state index contributed by atoms with van der Waals surface area (Å²) in [7, 11) is 0. The Hall–Kier alpha value is -3.20. The lowest BCUT2D eigenvalue weighted by Gasteiger charge is -2.57. The summed E-state index contributed by atoms with van der Waals surface area (Å²) < 4.78 is 5.19. The van der Waals surface area contributed by atoms with Crippen molar-refractivity contribution in [3.63, 3.8) is 0 Å². The van der Waals surface area contributed by atoms with E-state index in [1.54, 1.807) is 30.6 Å². The van der Waals surface area contributed by atoms with Crippen LogP contribution >= 0.6 is 0 Å². The highest BCUT2D eigenvalue weighted by Crippen LogP contribution is 2.66. The molecule has 1 heterocycles. The highest BCUT2D eigenvalue weighted by Gasteiger charge is 2.68. The summed E-state index contributed by atoms with van der Waals surface area (Å²) >= 11 is 0. The van der Waals surface area contributed by atoms with Gasteiger partial charge in [0, 0.05) is 49.5 Å². The molecule has 1 aromatic heterocycles. The number of rotatable bonds is 8. The van der Waals surface area contributed by atoms with Crippen molar-refractivity contribution in [2.75, 3.05) is 6.61 Å². The topological polar surface area (TPSA) is 140 Å². The maximum atomic E-state index is 13.7. The minimum atomic E-state index is -1.76. The smallest absolute Gasteiger partial charge is 0.306 e. The van der Waals surface area contributed by atoms with Gasteiger partial charge in [0.25, 0.3) is 0 Å². The number of nitrogens with one attached hydrogen (secondary N) is 1. The summed E-state index contributed by atoms with van der Waals surface area (Å²) in [5, 5.41) is 14.5. The number of ketones is 3. The molecule has 1 amide bonds. The Morgan fingerprint density at radius 2 is 1.82 bits per heavy atom. The molecule has 0 saturated heterocycles. The molecular formula is C31H38N2O7. The largest absolute Gasteiger partial charge is 0.458 e. The van der Waals surface area contributed by atoms with E-state index in [0.717, 1.165) is 24.0 Å². The van der Waals surface area contributed by atoms with E-state index in [1.807, 2.05) is 6.92 Å². The molecule has 3 fully saturated rings. The lowest BCUT2D eigenvalue weighted by molar-refractivity contribution is -0.173. The normalized spacial score (nSPS) is 34.7. The monoisotopic (exact) mass is 550 g/mol. The fraction of sp³-hybridized carbons (Fsp3) is 0.613. The molecule has 0 unspecified atom stereocenters. The van der Waals surface area contributed by atoms with Gasteiger partial charge in [-0.3, -0.25) is 29.0 Å². The summed E-state index contributed by atoms with van der Waals surface area (Å²) in [6, 6.07) is 3.56. The van der Waals surface area contributed by atoms with Gasteiger partial charge in [0.2, 0.25) is 11.7 Å². The average Bonchev–Trinajstić information content (AvgIpc) is 3.20. The average molecular weight is 551 g/mol. The van der Waals surface area contributed by atoms with Crippen LogP contribution < -0.4 is 5.32 Å². The van der Waals surface area contributed by atoms with Crippen molar-refractivity contribution in [1.82, 2.24) is 10.3 Å². The van der Waals surface area contributed by atoms with Crippen LogP contribution in [0.4, 0.5) is 0 Å². The van der Waals surface area contributed by atoms with Crippen molar-refractivity contribution in [2.45, 2.75) is 83.8 Å². The third-order valence-corrected chi connectivity index (χ3v) is 10.4. The minimum absolute atomic E-state index is 0.0139. The molecule has 0 radical (unpaired) electrons. The van der Waals surface area contributed by atoms with E-state index in [9.17, 15) is 29.1 Å². The van der Waals surface area contributed by atoms with Gasteiger partial charge in [0.15, 0.2) is 12.4 Å². The number of fused-ring (bicyclic) bond motifs is 5.